The first-order chi connectivity index (χ1) is 10.9. The van der Waals surface area contributed by atoms with Crippen molar-refractivity contribution in [1.82, 2.24) is 0 Å². The lowest BCUT2D eigenvalue weighted by molar-refractivity contribution is -0.162. The Morgan fingerprint density at radius 1 is 0.720 bits per heavy atom. The van der Waals surface area contributed by atoms with E-state index in [4.69, 9.17) is 33.9 Å². The summed E-state index contributed by atoms with van der Waals surface area (Å²) in [6.07, 6.45) is -4.29. The van der Waals surface area contributed by atoms with Crippen LogP contribution >= 0.6 is 23.5 Å². The molecule has 0 bridgehead atoms. The van der Waals surface area contributed by atoms with Crippen molar-refractivity contribution < 1.29 is 56.6 Å². The lowest BCUT2D eigenvalue weighted by atomic mass is 9.61. The van der Waals surface area contributed by atoms with Crippen molar-refractivity contribution in [2.24, 2.45) is 17.3 Å². The molecule has 15 heteroatoms. The van der Waals surface area contributed by atoms with E-state index in [0.717, 1.165) is 0 Å². The molecular weight excluding hydrogens is 405 g/mol. The summed E-state index contributed by atoms with van der Waals surface area (Å²) in [6.45, 7) is 5.82. The summed E-state index contributed by atoms with van der Waals surface area (Å²) >= 11 is 0. The topological polar surface area (TPSA) is 200 Å². The van der Waals surface area contributed by atoms with Gasteiger partial charge < -0.3 is 29.4 Å². The zero-order valence-electron chi connectivity index (χ0n) is 13.9. The van der Waals surface area contributed by atoms with Gasteiger partial charge in [-0.1, -0.05) is 27.7 Å². The smallest absolute Gasteiger partial charge is 0.303 e. The molecule has 1 rings (SSSR count). The van der Waals surface area contributed by atoms with Crippen molar-refractivity contribution >= 4 is 23.5 Å². The summed E-state index contributed by atoms with van der Waals surface area (Å²) < 4.78 is 47.8. The van der Waals surface area contributed by atoms with Gasteiger partial charge in [0.2, 0.25) is 0 Å². The van der Waals surface area contributed by atoms with Gasteiger partial charge in [0.25, 0.3) is 0 Å². The molecule has 0 radical (unpaired) electrons. The number of phosphoric ester groups is 3. The minimum Gasteiger partial charge on any atom is -0.303 e. The third-order valence-electron chi connectivity index (χ3n) is 4.49. The van der Waals surface area contributed by atoms with Crippen LogP contribution in [0.3, 0.4) is 0 Å². The SMILES string of the molecule is C[C@H]1C(OP(=O)(O)O)[C@H](OP(=O)(O)O)[C@H](C)C(C)(C)C1OP(=O)(O)O. The van der Waals surface area contributed by atoms with E-state index in [2.05, 4.69) is 9.05 Å². The Morgan fingerprint density at radius 2 is 1.08 bits per heavy atom. The molecule has 5 atom stereocenters. The first-order valence-electron chi connectivity index (χ1n) is 7.07. The van der Waals surface area contributed by atoms with Crippen LogP contribution in [-0.4, -0.2) is 47.7 Å². The molecule has 0 aromatic carbocycles. The second-order valence-electron chi connectivity index (χ2n) is 6.61. The highest BCUT2D eigenvalue weighted by atomic mass is 31.2. The van der Waals surface area contributed by atoms with E-state index >= 15 is 0 Å². The normalized spacial score (nSPS) is 34.1. The maximum absolute atomic E-state index is 11.3. The van der Waals surface area contributed by atoms with Crippen LogP contribution in [0.15, 0.2) is 0 Å². The van der Waals surface area contributed by atoms with Crippen LogP contribution in [0.2, 0.25) is 0 Å². The summed E-state index contributed by atoms with van der Waals surface area (Å²) in [5.41, 5.74) is -1.09. The summed E-state index contributed by atoms with van der Waals surface area (Å²) in [7, 11) is -15.1. The highest BCUT2D eigenvalue weighted by Gasteiger charge is 2.57. The van der Waals surface area contributed by atoms with Crippen molar-refractivity contribution in [3.8, 4) is 0 Å². The predicted molar refractivity (Wildman–Crippen MR) is 82.9 cm³/mol. The zero-order valence-corrected chi connectivity index (χ0v) is 16.5. The molecule has 0 spiro atoms. The Balaban J connectivity index is 3.37. The molecule has 0 aromatic heterocycles. The molecule has 6 N–H and O–H groups in total. The van der Waals surface area contributed by atoms with Crippen LogP contribution < -0.4 is 0 Å². The van der Waals surface area contributed by atoms with Crippen molar-refractivity contribution in [1.29, 1.82) is 0 Å². The molecule has 0 heterocycles. The molecule has 1 aliphatic rings. The molecule has 150 valence electrons. The van der Waals surface area contributed by atoms with E-state index in [-0.39, 0.29) is 0 Å². The van der Waals surface area contributed by atoms with E-state index < -0.39 is 59.0 Å². The minimum atomic E-state index is -5.10. The maximum atomic E-state index is 11.3. The number of phosphoric acid groups is 3. The fourth-order valence-electron chi connectivity index (χ4n) is 3.12. The molecule has 12 nitrogen and oxygen atoms in total. The van der Waals surface area contributed by atoms with Crippen molar-refractivity contribution in [3.05, 3.63) is 0 Å². The van der Waals surface area contributed by atoms with Crippen LogP contribution in [0.4, 0.5) is 0 Å². The minimum absolute atomic E-state index is 0.857. The summed E-state index contributed by atoms with van der Waals surface area (Å²) in [5, 5.41) is 0. The highest BCUT2D eigenvalue weighted by Crippen LogP contribution is 2.57. The van der Waals surface area contributed by atoms with Crippen molar-refractivity contribution in [2.75, 3.05) is 0 Å². The Hall–Kier alpha value is 0.330. The van der Waals surface area contributed by atoms with Crippen molar-refractivity contribution in [3.63, 3.8) is 0 Å². The van der Waals surface area contributed by atoms with Gasteiger partial charge >= 0.3 is 23.5 Å². The van der Waals surface area contributed by atoms with Gasteiger partial charge in [0.15, 0.2) is 0 Å². The first-order valence-corrected chi connectivity index (χ1v) is 11.7. The average Bonchev–Trinajstić information content (AvgIpc) is 2.33. The zero-order chi connectivity index (χ0) is 20.0. The standard InChI is InChI=1S/C10H23O12P3/c1-5-7(20-23(11,12)13)8(21-24(14,15)16)6(2)10(3,4)9(5)22-25(17,18)19/h5-9H,1-4H3,(H2,11,12,13)(H2,14,15,16)(H2,17,18,19)/t5-,6-,7?,8+,9?/m0/s1. The molecule has 2 unspecified atom stereocenters. The lowest BCUT2D eigenvalue weighted by Gasteiger charge is -2.53. The molecule has 1 aliphatic carbocycles. The van der Waals surface area contributed by atoms with Gasteiger partial charge in [-0.05, 0) is 11.3 Å². The van der Waals surface area contributed by atoms with Gasteiger partial charge in [-0.3, -0.25) is 13.6 Å². The van der Waals surface area contributed by atoms with E-state index in [1.165, 1.54) is 27.7 Å². The van der Waals surface area contributed by atoms with Crippen LogP contribution in [0.1, 0.15) is 27.7 Å². The third kappa shape index (κ3) is 6.46. The molecule has 1 saturated carbocycles. The van der Waals surface area contributed by atoms with Crippen molar-refractivity contribution in [2.45, 2.75) is 46.0 Å². The Bertz CT molecular complexity index is 617. The molecule has 0 aromatic rings. The second kappa shape index (κ2) is 7.39. The Labute approximate surface area is 144 Å². The van der Waals surface area contributed by atoms with E-state index in [0.29, 0.717) is 0 Å². The Kier molecular flexibility index (Phi) is 6.91. The molecule has 0 aliphatic heterocycles. The largest absolute Gasteiger partial charge is 0.469 e. The van der Waals surface area contributed by atoms with Gasteiger partial charge in [0.05, 0.1) is 12.2 Å². The number of hydrogen-bond acceptors (Lipinski definition) is 6. The van der Waals surface area contributed by atoms with Crippen LogP contribution in [-0.2, 0) is 27.3 Å². The molecule has 0 amide bonds. The van der Waals surface area contributed by atoms with Gasteiger partial charge in [-0.15, -0.1) is 0 Å². The maximum Gasteiger partial charge on any atom is 0.469 e. The van der Waals surface area contributed by atoms with Gasteiger partial charge in [0, 0.05) is 5.92 Å². The molecule has 25 heavy (non-hydrogen) atoms. The Morgan fingerprint density at radius 3 is 1.44 bits per heavy atom. The second-order valence-corrected chi connectivity index (χ2v) is 10.2. The van der Waals surface area contributed by atoms with Crippen LogP contribution in [0.25, 0.3) is 0 Å². The molecular formula is C10H23O12P3. The fourth-order valence-corrected chi connectivity index (χ4v) is 5.13. The average molecular weight is 428 g/mol. The van der Waals surface area contributed by atoms with Gasteiger partial charge in [-0.25, -0.2) is 13.7 Å². The third-order valence-corrected chi connectivity index (χ3v) is 6.03. The summed E-state index contributed by atoms with van der Waals surface area (Å²) in [4.78, 5) is 54.6. The molecule has 0 saturated heterocycles. The lowest BCUT2D eigenvalue weighted by Crippen LogP contribution is -2.59. The summed E-state index contributed by atoms with van der Waals surface area (Å²) in [6, 6.07) is 0. The quantitative estimate of drug-likeness (QED) is 0.325. The van der Waals surface area contributed by atoms with Crippen LogP contribution in [0, 0.1) is 17.3 Å². The fraction of sp³-hybridized carbons (Fsp3) is 1.00. The predicted octanol–water partition coefficient (Wildman–Crippen LogP) is 0.732. The highest BCUT2D eigenvalue weighted by molar-refractivity contribution is 7.46. The van der Waals surface area contributed by atoms with E-state index in [9.17, 15) is 13.7 Å². The van der Waals surface area contributed by atoms with E-state index in [1.54, 1.807) is 0 Å². The molecule has 1 fully saturated rings. The van der Waals surface area contributed by atoms with E-state index in [1.807, 2.05) is 0 Å². The van der Waals surface area contributed by atoms with Gasteiger partial charge in [0.1, 0.15) is 6.10 Å². The summed E-state index contributed by atoms with van der Waals surface area (Å²) in [5.74, 6) is -1.94. The monoisotopic (exact) mass is 428 g/mol. The number of hydrogen-bond donors (Lipinski definition) is 6. The van der Waals surface area contributed by atoms with Gasteiger partial charge in [-0.2, -0.15) is 0 Å². The number of rotatable bonds is 6. The van der Waals surface area contributed by atoms with Crippen LogP contribution in [0.5, 0.6) is 0 Å². The first kappa shape index (κ1) is 23.4.